The maximum absolute atomic E-state index is 9.37. The molecule has 0 saturated carbocycles. The molecule has 0 aliphatic rings. The molecular formula is C15H25NO4. The van der Waals surface area contributed by atoms with Gasteiger partial charge in [-0.05, 0) is 26.3 Å². The number of aliphatic hydroxyl groups excluding tert-OH is 1. The minimum Gasteiger partial charge on any atom is -0.496 e. The molecule has 5 heteroatoms. The Balaban J connectivity index is 2.82. The van der Waals surface area contributed by atoms with Crippen LogP contribution in [0.25, 0.3) is 0 Å². The van der Waals surface area contributed by atoms with Crippen molar-refractivity contribution in [3.05, 3.63) is 17.7 Å². The predicted octanol–water partition coefficient (Wildman–Crippen LogP) is 1.96. The number of rotatable bonds is 8. The zero-order valence-corrected chi connectivity index (χ0v) is 12.9. The van der Waals surface area contributed by atoms with Crippen LogP contribution in [0.5, 0.6) is 17.2 Å². The van der Waals surface area contributed by atoms with Gasteiger partial charge < -0.3 is 24.6 Å². The molecule has 0 aliphatic carbocycles. The van der Waals surface area contributed by atoms with Crippen LogP contribution in [0.3, 0.4) is 0 Å². The first kappa shape index (κ1) is 16.6. The van der Waals surface area contributed by atoms with Crippen molar-refractivity contribution in [2.75, 3.05) is 21.3 Å². The van der Waals surface area contributed by atoms with Gasteiger partial charge in [0.25, 0.3) is 0 Å². The molecule has 2 atom stereocenters. The van der Waals surface area contributed by atoms with Gasteiger partial charge in [0, 0.05) is 24.2 Å². The van der Waals surface area contributed by atoms with Crippen LogP contribution in [-0.4, -0.2) is 38.6 Å². The third kappa shape index (κ3) is 4.58. The topological polar surface area (TPSA) is 60.0 Å². The van der Waals surface area contributed by atoms with Gasteiger partial charge in [0.1, 0.15) is 5.75 Å². The Kier molecular flexibility index (Phi) is 6.61. The van der Waals surface area contributed by atoms with Crippen LogP contribution < -0.4 is 19.5 Å². The maximum atomic E-state index is 9.37. The van der Waals surface area contributed by atoms with Gasteiger partial charge in [-0.25, -0.2) is 0 Å². The van der Waals surface area contributed by atoms with Crippen LogP contribution in [0.2, 0.25) is 0 Å². The Bertz CT molecular complexity index is 421. The second-order valence-electron chi connectivity index (χ2n) is 4.89. The molecule has 0 saturated heterocycles. The van der Waals surface area contributed by atoms with Crippen molar-refractivity contribution in [1.29, 1.82) is 0 Å². The lowest BCUT2D eigenvalue weighted by Crippen LogP contribution is -2.28. The number of hydrogen-bond donors (Lipinski definition) is 2. The molecule has 0 aliphatic heterocycles. The second kappa shape index (κ2) is 7.97. The number of hydrogen-bond acceptors (Lipinski definition) is 5. The Morgan fingerprint density at radius 1 is 1.00 bits per heavy atom. The molecule has 2 unspecified atom stereocenters. The Labute approximate surface area is 120 Å². The lowest BCUT2D eigenvalue weighted by molar-refractivity contribution is 0.170. The van der Waals surface area contributed by atoms with E-state index in [9.17, 15) is 5.11 Å². The zero-order valence-electron chi connectivity index (χ0n) is 12.9. The number of nitrogens with one attached hydrogen (secondary N) is 1. The highest BCUT2D eigenvalue weighted by molar-refractivity contribution is 5.50. The molecule has 0 fully saturated rings. The molecule has 2 N–H and O–H groups in total. The highest BCUT2D eigenvalue weighted by atomic mass is 16.5. The average Bonchev–Trinajstić information content (AvgIpc) is 2.43. The summed E-state index contributed by atoms with van der Waals surface area (Å²) in [7, 11) is 4.83. The van der Waals surface area contributed by atoms with E-state index in [1.807, 2.05) is 19.1 Å². The van der Waals surface area contributed by atoms with Crippen molar-refractivity contribution < 1.29 is 19.3 Å². The van der Waals surface area contributed by atoms with E-state index in [-0.39, 0.29) is 12.1 Å². The molecule has 1 aromatic carbocycles. The number of aliphatic hydroxyl groups is 1. The van der Waals surface area contributed by atoms with Gasteiger partial charge in [-0.15, -0.1) is 0 Å². The zero-order chi connectivity index (χ0) is 15.1. The van der Waals surface area contributed by atoms with Gasteiger partial charge in [0.05, 0.1) is 27.4 Å². The summed E-state index contributed by atoms with van der Waals surface area (Å²) in [6, 6.07) is 3.93. The normalized spacial score (nSPS) is 13.7. The minimum atomic E-state index is -0.315. The Morgan fingerprint density at radius 2 is 1.55 bits per heavy atom. The van der Waals surface area contributed by atoms with Crippen molar-refractivity contribution in [2.24, 2.45) is 0 Å². The minimum absolute atomic E-state index is 0.216. The van der Waals surface area contributed by atoms with Crippen molar-refractivity contribution in [2.45, 2.75) is 39.0 Å². The van der Waals surface area contributed by atoms with E-state index >= 15 is 0 Å². The van der Waals surface area contributed by atoms with Gasteiger partial charge in [0.15, 0.2) is 11.5 Å². The maximum Gasteiger partial charge on any atom is 0.164 e. The highest BCUT2D eigenvalue weighted by Gasteiger charge is 2.13. The molecule has 20 heavy (non-hydrogen) atoms. The fraction of sp³-hybridized carbons (Fsp3) is 0.600. The predicted molar refractivity (Wildman–Crippen MR) is 78.7 cm³/mol. The first-order valence-corrected chi connectivity index (χ1v) is 6.72. The molecule has 0 bridgehead atoms. The van der Waals surface area contributed by atoms with Crippen LogP contribution in [-0.2, 0) is 6.54 Å². The molecule has 1 rings (SSSR count). The van der Waals surface area contributed by atoms with E-state index in [4.69, 9.17) is 14.2 Å². The van der Waals surface area contributed by atoms with E-state index < -0.39 is 0 Å². The molecule has 0 amide bonds. The Hall–Kier alpha value is -1.46. The average molecular weight is 283 g/mol. The van der Waals surface area contributed by atoms with E-state index in [2.05, 4.69) is 5.32 Å². The largest absolute Gasteiger partial charge is 0.496 e. The summed E-state index contributed by atoms with van der Waals surface area (Å²) in [5.74, 6) is 2.07. The first-order valence-electron chi connectivity index (χ1n) is 6.72. The van der Waals surface area contributed by atoms with Crippen molar-refractivity contribution >= 4 is 0 Å². The van der Waals surface area contributed by atoms with Crippen molar-refractivity contribution in [1.82, 2.24) is 5.32 Å². The van der Waals surface area contributed by atoms with Crippen LogP contribution in [0.4, 0.5) is 0 Å². The standard InChI is InChI=1S/C15H25NO4/c1-10(6-11(2)17)16-9-12-7-14(19-4)15(20-5)8-13(12)18-3/h7-8,10-11,16-17H,6,9H2,1-5H3. The van der Waals surface area contributed by atoms with Gasteiger partial charge in [0.2, 0.25) is 0 Å². The van der Waals surface area contributed by atoms with E-state index in [0.717, 1.165) is 11.3 Å². The van der Waals surface area contributed by atoms with E-state index in [1.54, 1.807) is 28.3 Å². The Morgan fingerprint density at radius 3 is 2.05 bits per heavy atom. The summed E-state index contributed by atoms with van der Waals surface area (Å²) in [6.07, 6.45) is 0.389. The molecule has 114 valence electrons. The van der Waals surface area contributed by atoms with Gasteiger partial charge >= 0.3 is 0 Å². The highest BCUT2D eigenvalue weighted by Crippen LogP contribution is 2.34. The van der Waals surface area contributed by atoms with Crippen LogP contribution >= 0.6 is 0 Å². The molecular weight excluding hydrogens is 258 g/mol. The van der Waals surface area contributed by atoms with Crippen molar-refractivity contribution in [3.63, 3.8) is 0 Å². The van der Waals surface area contributed by atoms with E-state index in [0.29, 0.717) is 24.5 Å². The fourth-order valence-electron chi connectivity index (χ4n) is 2.11. The van der Waals surface area contributed by atoms with Gasteiger partial charge in [-0.2, -0.15) is 0 Å². The quantitative estimate of drug-likeness (QED) is 0.764. The summed E-state index contributed by atoms with van der Waals surface area (Å²) in [5.41, 5.74) is 0.989. The summed E-state index contributed by atoms with van der Waals surface area (Å²) in [6.45, 7) is 4.46. The molecule has 0 spiro atoms. The van der Waals surface area contributed by atoms with Crippen LogP contribution in [0.15, 0.2) is 12.1 Å². The summed E-state index contributed by atoms with van der Waals surface area (Å²) >= 11 is 0. The molecule has 0 aromatic heterocycles. The molecule has 0 radical (unpaired) electrons. The SMILES string of the molecule is COc1cc(OC)c(OC)cc1CNC(C)CC(C)O. The smallest absolute Gasteiger partial charge is 0.164 e. The summed E-state index contributed by atoms with van der Waals surface area (Å²) < 4.78 is 15.9. The summed E-state index contributed by atoms with van der Waals surface area (Å²) in [5, 5.41) is 12.7. The number of methoxy groups -OCH3 is 3. The summed E-state index contributed by atoms with van der Waals surface area (Å²) in [4.78, 5) is 0. The van der Waals surface area contributed by atoms with Gasteiger partial charge in [-0.1, -0.05) is 0 Å². The first-order chi connectivity index (χ1) is 9.51. The monoisotopic (exact) mass is 283 g/mol. The molecule has 1 aromatic rings. The third-order valence-electron chi connectivity index (χ3n) is 3.12. The van der Waals surface area contributed by atoms with E-state index in [1.165, 1.54) is 0 Å². The molecule has 0 heterocycles. The fourth-order valence-corrected chi connectivity index (χ4v) is 2.11. The van der Waals surface area contributed by atoms with Crippen LogP contribution in [0, 0.1) is 0 Å². The lowest BCUT2D eigenvalue weighted by Gasteiger charge is -2.18. The third-order valence-corrected chi connectivity index (χ3v) is 3.12. The van der Waals surface area contributed by atoms with Crippen molar-refractivity contribution in [3.8, 4) is 17.2 Å². The van der Waals surface area contributed by atoms with Crippen LogP contribution in [0.1, 0.15) is 25.8 Å². The number of benzene rings is 1. The lowest BCUT2D eigenvalue weighted by atomic mass is 10.1. The second-order valence-corrected chi connectivity index (χ2v) is 4.89. The van der Waals surface area contributed by atoms with Gasteiger partial charge in [-0.3, -0.25) is 0 Å². The number of ether oxygens (including phenoxy) is 3. The molecule has 5 nitrogen and oxygen atoms in total.